The molecule has 8 heteroatoms. The number of likely N-dealkylation sites (tertiary alicyclic amines) is 1. The highest BCUT2D eigenvalue weighted by Crippen LogP contribution is 2.28. The summed E-state index contributed by atoms with van der Waals surface area (Å²) in [6, 6.07) is 3.53. The number of aliphatic hydroxyl groups excluding tert-OH is 1. The number of aromatic nitrogens is 5. The van der Waals surface area contributed by atoms with Crippen LogP contribution in [0, 0.1) is 5.92 Å². The Bertz CT molecular complexity index is 751. The summed E-state index contributed by atoms with van der Waals surface area (Å²) in [6.45, 7) is 2.61. The van der Waals surface area contributed by atoms with Gasteiger partial charge in [0.2, 0.25) is 0 Å². The summed E-state index contributed by atoms with van der Waals surface area (Å²) in [7, 11) is 0. The molecule has 1 saturated carbocycles. The van der Waals surface area contributed by atoms with Crippen molar-refractivity contribution < 1.29 is 5.11 Å². The Balaban J connectivity index is 1.40. The minimum atomic E-state index is -0.166. The van der Waals surface area contributed by atoms with E-state index in [2.05, 4.69) is 20.1 Å². The van der Waals surface area contributed by atoms with Crippen molar-refractivity contribution in [2.45, 2.75) is 50.8 Å². The topological polar surface area (TPSA) is 89.1 Å². The van der Waals surface area contributed by atoms with Crippen LogP contribution >= 0.6 is 0 Å². The Morgan fingerprint density at radius 1 is 1.16 bits per heavy atom. The van der Waals surface area contributed by atoms with E-state index in [1.807, 2.05) is 0 Å². The molecule has 0 bridgehead atoms. The van der Waals surface area contributed by atoms with Crippen molar-refractivity contribution in [3.63, 3.8) is 0 Å². The molecule has 1 saturated heterocycles. The standard InChI is InChI=1S/C17H24N6O2/c24-15-3-1-2-14(15)21-8-6-13(7-9-21)10-22-17(25)5-4-16(20-22)23-12-18-11-19-23/h4-5,11-15,24H,1-3,6-10H2. The lowest BCUT2D eigenvalue weighted by molar-refractivity contribution is 0.0455. The normalized spacial score (nSPS) is 25.5. The monoisotopic (exact) mass is 344 g/mol. The molecular weight excluding hydrogens is 320 g/mol. The summed E-state index contributed by atoms with van der Waals surface area (Å²) in [5.41, 5.74) is -0.0856. The molecule has 2 aromatic rings. The van der Waals surface area contributed by atoms with Crippen LogP contribution in [0.15, 0.2) is 29.6 Å². The molecule has 1 N–H and O–H groups in total. The number of rotatable bonds is 4. The molecule has 2 aliphatic rings. The predicted octanol–water partition coefficient (Wildman–Crippen LogP) is 0.449. The third kappa shape index (κ3) is 3.50. The molecule has 1 aliphatic heterocycles. The highest BCUT2D eigenvalue weighted by molar-refractivity contribution is 5.16. The summed E-state index contributed by atoms with van der Waals surface area (Å²) >= 11 is 0. The van der Waals surface area contributed by atoms with Crippen molar-refractivity contribution in [1.29, 1.82) is 0 Å². The number of hydrogen-bond acceptors (Lipinski definition) is 6. The van der Waals surface area contributed by atoms with Crippen LogP contribution in [-0.2, 0) is 6.54 Å². The van der Waals surface area contributed by atoms with E-state index in [4.69, 9.17) is 0 Å². The molecule has 1 aliphatic carbocycles. The lowest BCUT2D eigenvalue weighted by Crippen LogP contribution is -2.45. The first-order valence-electron chi connectivity index (χ1n) is 9.06. The van der Waals surface area contributed by atoms with Gasteiger partial charge in [0.25, 0.3) is 5.56 Å². The van der Waals surface area contributed by atoms with E-state index < -0.39 is 0 Å². The zero-order chi connectivity index (χ0) is 17.2. The Morgan fingerprint density at radius 3 is 2.68 bits per heavy atom. The maximum atomic E-state index is 12.1. The summed E-state index contributed by atoms with van der Waals surface area (Å²) in [5.74, 6) is 1.04. The summed E-state index contributed by atoms with van der Waals surface area (Å²) in [5, 5.41) is 18.6. The van der Waals surface area contributed by atoms with Crippen molar-refractivity contribution in [1.82, 2.24) is 29.4 Å². The first kappa shape index (κ1) is 16.4. The van der Waals surface area contributed by atoms with Gasteiger partial charge >= 0.3 is 0 Å². The Morgan fingerprint density at radius 2 is 2.00 bits per heavy atom. The van der Waals surface area contributed by atoms with Crippen LogP contribution in [0.1, 0.15) is 32.1 Å². The van der Waals surface area contributed by atoms with E-state index in [-0.39, 0.29) is 11.7 Å². The molecule has 25 heavy (non-hydrogen) atoms. The van der Waals surface area contributed by atoms with Gasteiger partial charge in [0, 0.05) is 18.7 Å². The molecule has 2 aromatic heterocycles. The van der Waals surface area contributed by atoms with E-state index >= 15 is 0 Å². The second kappa shape index (κ2) is 7.05. The maximum absolute atomic E-state index is 12.1. The van der Waals surface area contributed by atoms with Crippen LogP contribution in [0.4, 0.5) is 0 Å². The van der Waals surface area contributed by atoms with Crippen molar-refractivity contribution in [2.24, 2.45) is 5.92 Å². The first-order chi connectivity index (χ1) is 12.2. The third-order valence-corrected chi connectivity index (χ3v) is 5.50. The van der Waals surface area contributed by atoms with Gasteiger partial charge in [-0.1, -0.05) is 0 Å². The van der Waals surface area contributed by atoms with Crippen LogP contribution < -0.4 is 5.56 Å². The molecule has 0 radical (unpaired) electrons. The van der Waals surface area contributed by atoms with Gasteiger partial charge in [-0.2, -0.15) is 5.10 Å². The zero-order valence-electron chi connectivity index (χ0n) is 14.2. The Kier molecular flexibility index (Phi) is 4.63. The second-order valence-electron chi connectivity index (χ2n) is 7.10. The Labute approximate surface area is 146 Å². The lowest BCUT2D eigenvalue weighted by Gasteiger charge is -2.37. The second-order valence-corrected chi connectivity index (χ2v) is 7.10. The van der Waals surface area contributed by atoms with E-state index in [0.717, 1.165) is 45.2 Å². The van der Waals surface area contributed by atoms with Gasteiger partial charge in [0.1, 0.15) is 12.7 Å². The number of nitrogens with zero attached hydrogens (tertiary/aromatic N) is 6. The smallest absolute Gasteiger partial charge is 0.266 e. The van der Waals surface area contributed by atoms with Gasteiger partial charge in [-0.25, -0.2) is 14.3 Å². The van der Waals surface area contributed by atoms with Crippen LogP contribution in [0.3, 0.4) is 0 Å². The molecule has 0 amide bonds. The predicted molar refractivity (Wildman–Crippen MR) is 91.4 cm³/mol. The van der Waals surface area contributed by atoms with Crippen LogP contribution in [0.2, 0.25) is 0 Å². The number of hydrogen-bond donors (Lipinski definition) is 1. The van der Waals surface area contributed by atoms with E-state index in [1.165, 1.54) is 12.4 Å². The molecule has 2 fully saturated rings. The molecule has 134 valence electrons. The van der Waals surface area contributed by atoms with E-state index in [0.29, 0.717) is 24.3 Å². The van der Waals surface area contributed by atoms with E-state index in [9.17, 15) is 9.90 Å². The fourth-order valence-electron chi connectivity index (χ4n) is 4.08. The fourth-order valence-corrected chi connectivity index (χ4v) is 4.08. The largest absolute Gasteiger partial charge is 0.391 e. The van der Waals surface area contributed by atoms with Gasteiger partial charge in [0.05, 0.1) is 6.10 Å². The first-order valence-corrected chi connectivity index (χ1v) is 9.06. The van der Waals surface area contributed by atoms with Crippen molar-refractivity contribution >= 4 is 0 Å². The van der Waals surface area contributed by atoms with Gasteiger partial charge in [-0.15, -0.1) is 5.10 Å². The van der Waals surface area contributed by atoms with E-state index in [1.54, 1.807) is 21.8 Å². The number of piperidine rings is 1. The van der Waals surface area contributed by atoms with Gasteiger partial charge in [-0.3, -0.25) is 9.69 Å². The van der Waals surface area contributed by atoms with Crippen LogP contribution in [0.25, 0.3) is 5.82 Å². The molecule has 2 unspecified atom stereocenters. The SMILES string of the molecule is O=c1ccc(-n2cncn2)nn1CC1CCN(C2CCCC2O)CC1. The maximum Gasteiger partial charge on any atom is 0.266 e. The molecule has 3 heterocycles. The molecule has 2 atom stereocenters. The molecule has 8 nitrogen and oxygen atoms in total. The van der Waals surface area contributed by atoms with Crippen LogP contribution in [0.5, 0.6) is 0 Å². The van der Waals surface area contributed by atoms with Crippen molar-refractivity contribution in [3.05, 3.63) is 35.1 Å². The van der Waals surface area contributed by atoms with Crippen molar-refractivity contribution in [3.8, 4) is 5.82 Å². The number of aliphatic hydroxyl groups is 1. The summed E-state index contributed by atoms with van der Waals surface area (Å²) < 4.78 is 3.10. The minimum Gasteiger partial charge on any atom is -0.391 e. The summed E-state index contributed by atoms with van der Waals surface area (Å²) in [6.07, 6.45) is 8.08. The van der Waals surface area contributed by atoms with Crippen LogP contribution in [-0.4, -0.2) is 59.8 Å². The molecule has 0 aromatic carbocycles. The summed E-state index contributed by atoms with van der Waals surface area (Å²) in [4.78, 5) is 18.5. The highest BCUT2D eigenvalue weighted by Gasteiger charge is 2.33. The third-order valence-electron chi connectivity index (χ3n) is 5.50. The van der Waals surface area contributed by atoms with Gasteiger partial charge < -0.3 is 5.11 Å². The fraction of sp³-hybridized carbons (Fsp3) is 0.647. The van der Waals surface area contributed by atoms with Gasteiger partial charge in [0.15, 0.2) is 5.82 Å². The average Bonchev–Trinajstić information content (AvgIpc) is 3.29. The lowest BCUT2D eigenvalue weighted by atomic mass is 9.95. The zero-order valence-corrected chi connectivity index (χ0v) is 14.2. The molecular formula is C17H24N6O2. The quantitative estimate of drug-likeness (QED) is 0.866. The molecule has 4 rings (SSSR count). The Hall–Kier alpha value is -2.06. The average molecular weight is 344 g/mol. The van der Waals surface area contributed by atoms with Crippen molar-refractivity contribution in [2.75, 3.05) is 13.1 Å². The van der Waals surface area contributed by atoms with Gasteiger partial charge in [-0.05, 0) is 57.2 Å². The molecule has 0 spiro atoms. The minimum absolute atomic E-state index is 0.0856. The highest BCUT2D eigenvalue weighted by atomic mass is 16.3.